The van der Waals surface area contributed by atoms with Crippen molar-refractivity contribution in [1.29, 1.82) is 0 Å². The van der Waals surface area contributed by atoms with Crippen LogP contribution in [-0.4, -0.2) is 51.7 Å². The van der Waals surface area contributed by atoms with Crippen LogP contribution in [-0.2, 0) is 45.0 Å². The second kappa shape index (κ2) is 13.9. The van der Waals surface area contributed by atoms with Gasteiger partial charge in [-0.3, -0.25) is 23.3 Å². The van der Waals surface area contributed by atoms with Crippen molar-refractivity contribution in [2.24, 2.45) is 21.1 Å². The number of fused-ring (bicyclic) bond motifs is 3. The van der Waals surface area contributed by atoms with Crippen molar-refractivity contribution < 1.29 is 23.1 Å². The summed E-state index contributed by atoms with van der Waals surface area (Å²) in [6.45, 7) is 0.379. The van der Waals surface area contributed by atoms with E-state index in [2.05, 4.69) is 4.98 Å². The molecule has 1 N–H and O–H groups in total. The van der Waals surface area contributed by atoms with E-state index in [0.29, 0.717) is 48.3 Å². The average molecular weight is 745 g/mol. The lowest BCUT2D eigenvalue weighted by Gasteiger charge is -2.35. The molecule has 53 heavy (non-hydrogen) atoms. The lowest BCUT2D eigenvalue weighted by Crippen LogP contribution is -2.42. The number of unbranched alkanes of at least 4 members (excludes halogenated alkanes) is 1. The minimum atomic E-state index is -4.62. The first-order valence-corrected chi connectivity index (χ1v) is 17.7. The Kier molecular flexibility index (Phi) is 9.41. The van der Waals surface area contributed by atoms with E-state index < -0.39 is 40.6 Å². The number of aliphatic carboxylic acids is 1. The monoisotopic (exact) mass is 744 g/mol. The van der Waals surface area contributed by atoms with Crippen LogP contribution >= 0.6 is 11.9 Å². The summed E-state index contributed by atoms with van der Waals surface area (Å²) < 4.78 is 49.1. The van der Waals surface area contributed by atoms with Crippen LogP contribution in [0.25, 0.3) is 33.1 Å². The molecule has 11 nitrogen and oxygen atoms in total. The standard InChI is InChI=1S/C38H35F3N6O5S/c1-43-29(42-33-32(43)34(49)45(3)37(52)44(33)2)16-6-7-17-46-21-28(36(50)51)47-30(48)20-25(18-23-12-8-11-22-10-4-5-15-27(22)23)31(35(47)53-46)24-13-9-14-26(19-24)38(39,40)41/h4-5,8-15,19-20,28H,6-7,16-18,21H2,1-3H3,(H,50,51). The second-order valence-corrected chi connectivity index (χ2v) is 14.3. The molecule has 1 aliphatic heterocycles. The summed E-state index contributed by atoms with van der Waals surface area (Å²) in [5.74, 6) is -0.628. The molecule has 6 aromatic rings. The molecule has 3 aromatic heterocycles. The molecule has 0 amide bonds. The zero-order chi connectivity index (χ0) is 37.8. The summed E-state index contributed by atoms with van der Waals surface area (Å²) in [6.07, 6.45) is -2.78. The number of carbonyl (C=O) groups is 1. The number of hydrogen-bond acceptors (Lipinski definition) is 7. The lowest BCUT2D eigenvalue weighted by atomic mass is 9.93. The van der Waals surface area contributed by atoms with Crippen molar-refractivity contribution in [2.75, 3.05) is 13.1 Å². The van der Waals surface area contributed by atoms with E-state index in [1.54, 1.807) is 24.7 Å². The van der Waals surface area contributed by atoms with Gasteiger partial charge in [0.1, 0.15) is 16.9 Å². The van der Waals surface area contributed by atoms with E-state index in [1.165, 1.54) is 28.3 Å². The number of carboxylic acids is 1. The van der Waals surface area contributed by atoms with Crippen LogP contribution in [0.5, 0.6) is 0 Å². The van der Waals surface area contributed by atoms with Crippen molar-refractivity contribution in [2.45, 2.75) is 42.9 Å². The maximum Gasteiger partial charge on any atom is 0.416 e. The van der Waals surface area contributed by atoms with E-state index >= 15 is 0 Å². The molecule has 0 fully saturated rings. The largest absolute Gasteiger partial charge is 0.480 e. The Hall–Kier alpha value is -5.41. The Balaban J connectivity index is 1.25. The number of rotatable bonds is 9. The summed E-state index contributed by atoms with van der Waals surface area (Å²) in [7, 11) is 4.68. The molecular formula is C38H35F3N6O5S. The molecule has 0 saturated carbocycles. The van der Waals surface area contributed by atoms with Gasteiger partial charge in [0.05, 0.1) is 5.56 Å². The van der Waals surface area contributed by atoms with E-state index in [9.17, 15) is 37.5 Å². The van der Waals surface area contributed by atoms with Crippen molar-refractivity contribution in [3.63, 3.8) is 0 Å². The quantitative estimate of drug-likeness (QED) is 0.151. The summed E-state index contributed by atoms with van der Waals surface area (Å²) in [4.78, 5) is 56.3. The van der Waals surface area contributed by atoms with Crippen molar-refractivity contribution in [3.05, 3.63) is 127 Å². The van der Waals surface area contributed by atoms with Crippen molar-refractivity contribution in [1.82, 2.24) is 27.6 Å². The van der Waals surface area contributed by atoms with Crippen LogP contribution < -0.4 is 16.8 Å². The highest BCUT2D eigenvalue weighted by Gasteiger charge is 2.36. The zero-order valence-electron chi connectivity index (χ0n) is 29.1. The molecule has 1 unspecified atom stereocenters. The molecule has 4 heterocycles. The van der Waals surface area contributed by atoms with Crippen LogP contribution in [0.15, 0.2) is 92.2 Å². The number of carboxylic acid groups (broad SMARTS) is 1. The number of benzene rings is 3. The van der Waals surface area contributed by atoms with Gasteiger partial charge in [-0.05, 0) is 70.8 Å². The number of hydrogen-bond donors (Lipinski definition) is 1. The summed E-state index contributed by atoms with van der Waals surface area (Å²) in [6, 6.07) is 18.4. The molecule has 15 heteroatoms. The Morgan fingerprint density at radius 1 is 0.906 bits per heavy atom. The number of halogens is 3. The first-order chi connectivity index (χ1) is 25.2. The highest BCUT2D eigenvalue weighted by molar-refractivity contribution is 7.97. The van der Waals surface area contributed by atoms with E-state index in [-0.39, 0.29) is 29.2 Å². The van der Waals surface area contributed by atoms with Gasteiger partial charge in [-0.25, -0.2) is 18.9 Å². The second-order valence-electron chi connectivity index (χ2n) is 13.2. The Labute approximate surface area is 304 Å². The maximum atomic E-state index is 14.0. The van der Waals surface area contributed by atoms with Gasteiger partial charge < -0.3 is 9.67 Å². The van der Waals surface area contributed by atoms with Crippen LogP contribution in [0, 0.1) is 0 Å². The number of imidazole rings is 1. The number of nitrogens with zero attached hydrogens (tertiary/aromatic N) is 6. The summed E-state index contributed by atoms with van der Waals surface area (Å²) in [5.41, 5.74) is 0.211. The zero-order valence-corrected chi connectivity index (χ0v) is 29.9. The fraction of sp³-hybridized carbons (Fsp3) is 0.289. The molecule has 274 valence electrons. The molecule has 0 bridgehead atoms. The van der Waals surface area contributed by atoms with Gasteiger partial charge >= 0.3 is 17.8 Å². The third-order valence-electron chi connectivity index (χ3n) is 9.84. The van der Waals surface area contributed by atoms with Crippen molar-refractivity contribution in [3.8, 4) is 11.1 Å². The maximum absolute atomic E-state index is 14.0. The normalized spacial score (nSPS) is 14.9. The Morgan fingerprint density at radius 3 is 2.40 bits per heavy atom. The molecule has 7 rings (SSSR count). The topological polar surface area (TPSA) is 124 Å². The van der Waals surface area contributed by atoms with Gasteiger partial charge in [-0.1, -0.05) is 54.6 Å². The number of aryl methyl sites for hydroxylation is 3. The molecule has 1 atom stereocenters. The van der Waals surface area contributed by atoms with Gasteiger partial charge in [0, 0.05) is 52.3 Å². The Bertz CT molecular complexity index is 2600. The predicted octanol–water partition coefficient (Wildman–Crippen LogP) is 5.53. The molecule has 0 saturated heterocycles. The van der Waals surface area contributed by atoms with Crippen LogP contribution in [0.3, 0.4) is 0 Å². The van der Waals surface area contributed by atoms with Gasteiger partial charge in [-0.2, -0.15) is 13.2 Å². The van der Waals surface area contributed by atoms with Crippen LogP contribution in [0.1, 0.15) is 41.4 Å². The first-order valence-electron chi connectivity index (χ1n) is 16.9. The molecule has 0 aliphatic carbocycles. The first kappa shape index (κ1) is 36.0. The third-order valence-corrected chi connectivity index (χ3v) is 11.0. The molecule has 1 aliphatic rings. The minimum absolute atomic E-state index is 0.0119. The van der Waals surface area contributed by atoms with Gasteiger partial charge in [0.15, 0.2) is 11.2 Å². The lowest BCUT2D eigenvalue weighted by molar-refractivity contribution is -0.141. The van der Waals surface area contributed by atoms with E-state index in [1.807, 2.05) is 46.8 Å². The molecule has 3 aromatic carbocycles. The predicted molar refractivity (Wildman–Crippen MR) is 196 cm³/mol. The van der Waals surface area contributed by atoms with Crippen LogP contribution in [0.2, 0.25) is 0 Å². The molecule has 0 spiro atoms. The van der Waals surface area contributed by atoms with Gasteiger partial charge in [-0.15, -0.1) is 0 Å². The molecule has 0 radical (unpaired) electrons. The molecular weight excluding hydrogens is 710 g/mol. The highest BCUT2D eigenvalue weighted by Crippen LogP contribution is 2.42. The fourth-order valence-electron chi connectivity index (χ4n) is 7.10. The van der Waals surface area contributed by atoms with E-state index in [0.717, 1.165) is 45.0 Å². The summed E-state index contributed by atoms with van der Waals surface area (Å²) in [5, 5.41) is 12.5. The van der Waals surface area contributed by atoms with Gasteiger partial charge in [0.2, 0.25) is 0 Å². The smallest absolute Gasteiger partial charge is 0.416 e. The highest BCUT2D eigenvalue weighted by atomic mass is 32.2. The SMILES string of the molecule is Cn1c(=O)c2c(nc(CCCCN3CC(C(=O)O)n4c(c(-c5cccc(C(F)(F)F)c5)c(Cc5cccc6ccccc56)cc4=O)S3)n2C)n(C)c1=O. The van der Waals surface area contributed by atoms with Crippen molar-refractivity contribution >= 4 is 39.9 Å². The fourth-order valence-corrected chi connectivity index (χ4v) is 8.43. The Morgan fingerprint density at radius 2 is 1.64 bits per heavy atom. The number of alkyl halides is 3. The van der Waals surface area contributed by atoms with E-state index in [4.69, 9.17) is 0 Å². The minimum Gasteiger partial charge on any atom is -0.480 e. The summed E-state index contributed by atoms with van der Waals surface area (Å²) >= 11 is 1.16. The van der Waals surface area contributed by atoms with Gasteiger partial charge in [0.25, 0.3) is 11.1 Å². The number of pyridine rings is 1. The average Bonchev–Trinajstić information content (AvgIpc) is 3.46. The number of aromatic nitrogens is 5. The van der Waals surface area contributed by atoms with Crippen LogP contribution in [0.4, 0.5) is 13.2 Å². The third kappa shape index (κ3) is 6.59.